The number of piperazine rings is 1. The number of methoxy groups -OCH3 is 1. The number of alkyl halides is 3. The molecule has 5 aliphatic rings. The number of amides is 5. The van der Waals surface area contributed by atoms with Crippen molar-refractivity contribution in [1.82, 2.24) is 30.0 Å². The Hall–Kier alpha value is -6.50. The van der Waals surface area contributed by atoms with Crippen LogP contribution >= 0.6 is 0 Å². The zero-order valence-electron chi connectivity index (χ0n) is 38.6. The van der Waals surface area contributed by atoms with Crippen molar-refractivity contribution in [2.75, 3.05) is 69.4 Å². The minimum atomic E-state index is -4.55. The van der Waals surface area contributed by atoms with Crippen LogP contribution in [0.4, 0.5) is 30.4 Å². The Morgan fingerprint density at radius 1 is 0.941 bits per heavy atom. The molecule has 4 N–H and O–H groups in total. The summed E-state index contributed by atoms with van der Waals surface area (Å²) in [4.78, 5) is 81.4. The van der Waals surface area contributed by atoms with Gasteiger partial charge in [0.05, 0.1) is 42.0 Å². The molecule has 4 heterocycles. The number of benzene rings is 3. The number of nitrogens with one attached hydrogen (secondary N) is 2. The molecule has 2 saturated carbocycles. The van der Waals surface area contributed by atoms with Gasteiger partial charge >= 0.3 is 6.18 Å². The first-order valence-electron chi connectivity index (χ1n) is 23.2. The lowest BCUT2D eigenvalue weighted by molar-refractivity contribution is -0.138. The summed E-state index contributed by atoms with van der Waals surface area (Å²) in [5, 5.41) is 6.10. The molecule has 360 valence electrons. The molecule has 68 heavy (non-hydrogen) atoms. The average Bonchev–Trinajstić information content (AvgIpc) is 4.04. The number of hydrogen-bond acceptors (Lipinski definition) is 13. The number of nitrogen functional groups attached to an aromatic ring is 1. The Kier molecular flexibility index (Phi) is 12.5. The van der Waals surface area contributed by atoms with E-state index in [0.29, 0.717) is 58.8 Å². The van der Waals surface area contributed by atoms with Gasteiger partial charge in [0.25, 0.3) is 11.8 Å². The van der Waals surface area contributed by atoms with E-state index in [-0.39, 0.29) is 46.9 Å². The van der Waals surface area contributed by atoms with Crippen LogP contribution in [0.15, 0.2) is 48.5 Å². The molecule has 0 spiro atoms. The number of nitrogens with two attached hydrogens (primary N) is 1. The first-order valence-corrected chi connectivity index (χ1v) is 23.2. The summed E-state index contributed by atoms with van der Waals surface area (Å²) < 4.78 is 53.0. The van der Waals surface area contributed by atoms with Crippen molar-refractivity contribution in [1.29, 1.82) is 0 Å². The second kappa shape index (κ2) is 18.2. The van der Waals surface area contributed by atoms with Gasteiger partial charge in [0.1, 0.15) is 17.7 Å². The third-order valence-electron chi connectivity index (χ3n) is 14.4. The Bertz CT molecular complexity index is 2680. The second-order valence-electron chi connectivity index (χ2n) is 19.1. The minimum Gasteiger partial charge on any atom is -0.493 e. The van der Waals surface area contributed by atoms with Crippen molar-refractivity contribution in [2.45, 2.75) is 89.5 Å². The number of nitrogens with zero attached hydrogens (tertiary/aromatic N) is 6. The molecular weight excluding hydrogens is 884 g/mol. The van der Waals surface area contributed by atoms with Gasteiger partial charge in [0.2, 0.25) is 17.7 Å². The molecule has 4 aromatic rings. The monoisotopic (exact) mass is 939 g/mol. The standard InChI is InChI=1S/C49H56F3N9O7/c1-27(30-19-31(49(50,51)52)21-32(53)20-30)54-43-37-23-41(40(67-4)24-38(37)55-28(2)56-43)68-26-48(13-14-48)25-58(3)45(64)29-5-7-33(8-6-29)59-15-17-60(18-16-59)34-9-10-35-36(22-34)47(66)61(46(35)65)39-11-12-42(62)57-44(39)63/h9-10,19-24,27,29,33,39H,5-8,11-18,25-26,53H2,1-4H3,(H,54,55,56)(H,57,62,63)/t27-,29?,33?,39?/m1/s1. The van der Waals surface area contributed by atoms with Crippen molar-refractivity contribution >= 4 is 57.6 Å². The number of carbonyl (C=O) groups excluding carboxylic acids is 5. The fourth-order valence-corrected chi connectivity index (χ4v) is 10.4. The van der Waals surface area contributed by atoms with Gasteiger partial charge in [-0.2, -0.15) is 13.2 Å². The highest BCUT2D eigenvalue weighted by Gasteiger charge is 2.47. The van der Waals surface area contributed by atoms with E-state index in [1.807, 2.05) is 18.0 Å². The lowest BCUT2D eigenvalue weighted by Crippen LogP contribution is -2.54. The molecule has 16 nitrogen and oxygen atoms in total. The second-order valence-corrected chi connectivity index (χ2v) is 19.1. The van der Waals surface area contributed by atoms with E-state index < -0.39 is 47.5 Å². The number of anilines is 3. The van der Waals surface area contributed by atoms with E-state index in [4.69, 9.17) is 15.2 Å². The number of halogens is 3. The van der Waals surface area contributed by atoms with Gasteiger partial charge in [0, 0.05) is 86.4 Å². The molecule has 3 aromatic carbocycles. The largest absolute Gasteiger partial charge is 0.493 e. The zero-order chi connectivity index (χ0) is 48.2. The first-order chi connectivity index (χ1) is 32.4. The van der Waals surface area contributed by atoms with Crippen LogP contribution in [0.25, 0.3) is 10.9 Å². The topological polar surface area (TPSA) is 193 Å². The number of ether oxygens (including phenoxy) is 2. The van der Waals surface area contributed by atoms with E-state index >= 15 is 0 Å². The summed E-state index contributed by atoms with van der Waals surface area (Å²) in [5.41, 5.74) is 7.10. The average molecular weight is 940 g/mol. The van der Waals surface area contributed by atoms with Crippen LogP contribution < -0.4 is 30.7 Å². The van der Waals surface area contributed by atoms with Crippen molar-refractivity contribution in [3.05, 3.63) is 76.6 Å². The Labute approximate surface area is 391 Å². The number of fused-ring (bicyclic) bond motifs is 2. The van der Waals surface area contributed by atoms with Crippen LogP contribution in [0.3, 0.4) is 0 Å². The first kappa shape index (κ1) is 46.6. The maximum absolute atomic E-state index is 13.9. The van der Waals surface area contributed by atoms with Gasteiger partial charge in [-0.25, -0.2) is 9.97 Å². The van der Waals surface area contributed by atoms with E-state index in [1.165, 1.54) is 6.07 Å². The van der Waals surface area contributed by atoms with Crippen LogP contribution in [0.1, 0.15) is 102 Å². The maximum atomic E-state index is 13.9. The van der Waals surface area contributed by atoms with E-state index in [2.05, 4.69) is 30.4 Å². The summed E-state index contributed by atoms with van der Waals surface area (Å²) in [6, 6.07) is 11.0. The number of imide groups is 2. The zero-order valence-corrected chi connectivity index (χ0v) is 38.6. The third kappa shape index (κ3) is 9.36. The number of aryl methyl sites for hydroxylation is 1. The van der Waals surface area contributed by atoms with E-state index in [0.717, 1.165) is 87.4 Å². The number of hydrogen-bond donors (Lipinski definition) is 3. The molecule has 3 aliphatic heterocycles. The predicted molar refractivity (Wildman–Crippen MR) is 246 cm³/mol. The highest BCUT2D eigenvalue weighted by molar-refractivity contribution is 6.23. The molecule has 5 amide bonds. The van der Waals surface area contributed by atoms with Crippen molar-refractivity contribution < 1.29 is 46.6 Å². The quantitative estimate of drug-likeness (QED) is 0.103. The van der Waals surface area contributed by atoms with Crippen molar-refractivity contribution in [3.63, 3.8) is 0 Å². The molecule has 4 fully saturated rings. The number of rotatable bonds is 13. The molecule has 2 saturated heterocycles. The van der Waals surface area contributed by atoms with E-state index in [1.54, 1.807) is 45.2 Å². The van der Waals surface area contributed by atoms with Gasteiger partial charge in [-0.15, -0.1) is 0 Å². The predicted octanol–water partition coefficient (Wildman–Crippen LogP) is 6.12. The van der Waals surface area contributed by atoms with Gasteiger partial charge in [-0.3, -0.25) is 39.1 Å². The number of aromatic nitrogens is 2. The van der Waals surface area contributed by atoms with Gasteiger partial charge in [-0.05, 0) is 107 Å². The summed E-state index contributed by atoms with van der Waals surface area (Å²) in [5.74, 6) is -0.197. The maximum Gasteiger partial charge on any atom is 0.416 e. The summed E-state index contributed by atoms with van der Waals surface area (Å²) in [6.45, 7) is 7.47. The van der Waals surface area contributed by atoms with Gasteiger partial charge < -0.3 is 30.3 Å². The molecule has 2 atom stereocenters. The smallest absolute Gasteiger partial charge is 0.416 e. The number of carbonyl (C=O) groups is 5. The van der Waals surface area contributed by atoms with Crippen LogP contribution in [0.5, 0.6) is 11.5 Å². The van der Waals surface area contributed by atoms with E-state index in [9.17, 15) is 37.1 Å². The summed E-state index contributed by atoms with van der Waals surface area (Å²) >= 11 is 0. The van der Waals surface area contributed by atoms with Gasteiger partial charge in [0.15, 0.2) is 11.5 Å². The molecular formula is C49H56F3N9O7. The SMILES string of the molecule is COc1cc2nc(C)nc(N[C@H](C)c3cc(N)cc(C(F)(F)F)c3)c2cc1OCC1(CN(C)C(=O)C2CCC(N3CCN(c4ccc5c(c4)C(=O)N(C4CCC(=O)NC4=O)C5=O)CC3)CC2)CC1. The van der Waals surface area contributed by atoms with Crippen LogP contribution in [0.2, 0.25) is 0 Å². The lowest BCUT2D eigenvalue weighted by atomic mass is 9.84. The molecule has 0 radical (unpaired) electrons. The van der Waals surface area contributed by atoms with Crippen LogP contribution in [-0.2, 0) is 20.6 Å². The molecule has 9 rings (SSSR count). The molecule has 1 aromatic heterocycles. The molecule has 1 unspecified atom stereocenters. The molecule has 19 heteroatoms. The Morgan fingerprint density at radius 2 is 1.66 bits per heavy atom. The Morgan fingerprint density at radius 3 is 2.34 bits per heavy atom. The third-order valence-corrected chi connectivity index (χ3v) is 14.4. The van der Waals surface area contributed by atoms with Crippen molar-refractivity contribution in [3.8, 4) is 11.5 Å². The fraction of sp³-hybridized carbons (Fsp3) is 0.490. The minimum absolute atomic E-state index is 0.00505. The lowest BCUT2D eigenvalue weighted by Gasteiger charge is -2.43. The van der Waals surface area contributed by atoms with Crippen LogP contribution in [-0.4, -0.2) is 120 Å². The Balaban J connectivity index is 0.770. The normalized spacial score (nSPS) is 22.2. The highest BCUT2D eigenvalue weighted by Crippen LogP contribution is 2.48. The summed E-state index contributed by atoms with van der Waals surface area (Å²) in [7, 11) is 3.41. The molecule has 0 bridgehead atoms. The van der Waals surface area contributed by atoms with Crippen molar-refractivity contribution in [2.24, 2.45) is 11.3 Å². The molecule has 2 aliphatic carbocycles. The summed E-state index contributed by atoms with van der Waals surface area (Å²) in [6.07, 6.45) is 0.846. The highest BCUT2D eigenvalue weighted by atomic mass is 19.4. The van der Waals surface area contributed by atoms with Gasteiger partial charge in [-0.1, -0.05) is 0 Å². The number of piperidine rings is 1. The fourth-order valence-electron chi connectivity index (χ4n) is 10.4. The van der Waals surface area contributed by atoms with Crippen LogP contribution in [0, 0.1) is 18.3 Å².